The standard InChI is InChI=1S/C12H18FNO2/c1-3-14(4-2)12(15)16-11-9-6-5-8(7-9)10(11)13/h5-6,8-11H,3-4,7H2,1-2H3/t8-,9+,10+,11+/m0/s1. The fourth-order valence-corrected chi connectivity index (χ4v) is 2.54. The number of carbonyl (C=O) groups is 1. The Bertz CT molecular complexity index is 301. The Morgan fingerprint density at radius 3 is 2.50 bits per heavy atom. The lowest BCUT2D eigenvalue weighted by atomic mass is 10.0. The maximum absolute atomic E-state index is 13.8. The van der Waals surface area contributed by atoms with Crippen molar-refractivity contribution >= 4 is 6.09 Å². The van der Waals surface area contributed by atoms with Crippen LogP contribution in [-0.2, 0) is 4.74 Å². The molecular formula is C12H18FNO2. The molecule has 0 N–H and O–H groups in total. The van der Waals surface area contributed by atoms with Gasteiger partial charge in [0.25, 0.3) is 0 Å². The highest BCUT2D eigenvalue weighted by Crippen LogP contribution is 2.42. The van der Waals surface area contributed by atoms with Crippen LogP contribution in [-0.4, -0.2) is 36.4 Å². The lowest BCUT2D eigenvalue weighted by Crippen LogP contribution is -2.38. The summed E-state index contributed by atoms with van der Waals surface area (Å²) in [5.41, 5.74) is 0. The molecule has 1 amide bonds. The van der Waals surface area contributed by atoms with E-state index in [-0.39, 0.29) is 11.8 Å². The predicted octanol–water partition coefficient (Wildman–Crippen LogP) is 2.38. The number of fused-ring (bicyclic) bond motifs is 2. The number of rotatable bonds is 3. The highest BCUT2D eigenvalue weighted by atomic mass is 19.1. The van der Waals surface area contributed by atoms with Crippen molar-refractivity contribution in [2.45, 2.75) is 32.5 Å². The number of ether oxygens (including phenoxy) is 1. The molecule has 0 aromatic heterocycles. The zero-order chi connectivity index (χ0) is 11.7. The van der Waals surface area contributed by atoms with Crippen molar-refractivity contribution in [2.75, 3.05) is 13.1 Å². The van der Waals surface area contributed by atoms with E-state index in [0.717, 1.165) is 6.42 Å². The number of amides is 1. The molecule has 16 heavy (non-hydrogen) atoms. The Balaban J connectivity index is 1.95. The third-order valence-corrected chi connectivity index (χ3v) is 3.55. The van der Waals surface area contributed by atoms with Crippen LogP contribution in [0.5, 0.6) is 0 Å². The van der Waals surface area contributed by atoms with Crippen molar-refractivity contribution in [1.82, 2.24) is 4.90 Å². The van der Waals surface area contributed by atoms with E-state index in [4.69, 9.17) is 4.74 Å². The maximum atomic E-state index is 13.8. The summed E-state index contributed by atoms with van der Waals surface area (Å²) in [6, 6.07) is 0. The number of allylic oxidation sites excluding steroid dienone is 1. The lowest BCUT2D eigenvalue weighted by Gasteiger charge is -2.26. The molecule has 0 radical (unpaired) electrons. The Hall–Kier alpha value is -1.06. The first-order chi connectivity index (χ1) is 7.67. The molecule has 1 saturated carbocycles. The highest BCUT2D eigenvalue weighted by molar-refractivity contribution is 5.67. The maximum Gasteiger partial charge on any atom is 0.410 e. The number of hydrogen-bond donors (Lipinski definition) is 0. The minimum atomic E-state index is -1.02. The van der Waals surface area contributed by atoms with Crippen LogP contribution < -0.4 is 0 Å². The molecule has 2 bridgehead atoms. The molecule has 0 heterocycles. The van der Waals surface area contributed by atoms with E-state index in [2.05, 4.69) is 0 Å². The zero-order valence-electron chi connectivity index (χ0n) is 9.73. The third-order valence-electron chi connectivity index (χ3n) is 3.55. The largest absolute Gasteiger partial charge is 0.442 e. The monoisotopic (exact) mass is 227 g/mol. The number of halogens is 1. The van der Waals surface area contributed by atoms with Crippen LogP contribution in [0.3, 0.4) is 0 Å². The van der Waals surface area contributed by atoms with Gasteiger partial charge in [0.05, 0.1) is 0 Å². The van der Waals surface area contributed by atoms with Gasteiger partial charge in [-0.25, -0.2) is 9.18 Å². The second-order valence-electron chi connectivity index (χ2n) is 4.41. The van der Waals surface area contributed by atoms with Crippen molar-refractivity contribution in [2.24, 2.45) is 11.8 Å². The van der Waals surface area contributed by atoms with E-state index < -0.39 is 18.4 Å². The average Bonchev–Trinajstić information content (AvgIpc) is 2.84. The minimum absolute atomic E-state index is 0.0421. The fraction of sp³-hybridized carbons (Fsp3) is 0.750. The molecule has 0 aliphatic heterocycles. The molecule has 4 heteroatoms. The summed E-state index contributed by atoms with van der Waals surface area (Å²) < 4.78 is 19.0. The SMILES string of the molecule is CCN(CC)C(=O)O[C@H]1[C@H](F)[C@H]2C=C[C@@H]1C2. The van der Waals surface area contributed by atoms with Gasteiger partial charge in [-0.1, -0.05) is 12.2 Å². The first-order valence-corrected chi connectivity index (χ1v) is 5.95. The summed E-state index contributed by atoms with van der Waals surface area (Å²) in [4.78, 5) is 13.3. The van der Waals surface area contributed by atoms with Crippen LogP contribution >= 0.6 is 0 Å². The summed E-state index contributed by atoms with van der Waals surface area (Å²) in [5.74, 6) is 0.0408. The number of carbonyl (C=O) groups excluding carboxylic acids is 1. The van der Waals surface area contributed by atoms with Gasteiger partial charge >= 0.3 is 6.09 Å². The van der Waals surface area contributed by atoms with Gasteiger partial charge in [0.15, 0.2) is 0 Å². The number of hydrogen-bond acceptors (Lipinski definition) is 2. The summed E-state index contributed by atoms with van der Waals surface area (Å²) >= 11 is 0. The quantitative estimate of drug-likeness (QED) is 0.693. The molecule has 3 nitrogen and oxygen atoms in total. The molecule has 4 atom stereocenters. The highest BCUT2D eigenvalue weighted by Gasteiger charge is 2.47. The Morgan fingerprint density at radius 2 is 2.00 bits per heavy atom. The van der Waals surface area contributed by atoms with Crippen LogP contribution in [0.1, 0.15) is 20.3 Å². The molecule has 0 aromatic carbocycles. The summed E-state index contributed by atoms with van der Waals surface area (Å²) in [6.07, 6.45) is 2.69. The minimum Gasteiger partial charge on any atom is -0.442 e. The fourth-order valence-electron chi connectivity index (χ4n) is 2.54. The van der Waals surface area contributed by atoms with Gasteiger partial charge in [0, 0.05) is 24.9 Å². The Labute approximate surface area is 95.3 Å². The van der Waals surface area contributed by atoms with Crippen molar-refractivity contribution < 1.29 is 13.9 Å². The first-order valence-electron chi connectivity index (χ1n) is 5.95. The second-order valence-corrected chi connectivity index (χ2v) is 4.41. The lowest BCUT2D eigenvalue weighted by molar-refractivity contribution is 0.0177. The zero-order valence-corrected chi connectivity index (χ0v) is 9.73. The van der Waals surface area contributed by atoms with Crippen molar-refractivity contribution in [3.63, 3.8) is 0 Å². The summed E-state index contributed by atoms with van der Waals surface area (Å²) in [7, 11) is 0. The van der Waals surface area contributed by atoms with E-state index in [0.29, 0.717) is 13.1 Å². The van der Waals surface area contributed by atoms with Crippen LogP contribution in [0.25, 0.3) is 0 Å². The van der Waals surface area contributed by atoms with E-state index in [9.17, 15) is 9.18 Å². The van der Waals surface area contributed by atoms with Gasteiger partial charge < -0.3 is 9.64 Å². The molecular weight excluding hydrogens is 209 g/mol. The smallest absolute Gasteiger partial charge is 0.410 e. The van der Waals surface area contributed by atoms with Gasteiger partial charge in [0.1, 0.15) is 12.3 Å². The summed E-state index contributed by atoms with van der Waals surface area (Å²) in [6.45, 7) is 4.97. The van der Waals surface area contributed by atoms with Crippen molar-refractivity contribution in [3.05, 3.63) is 12.2 Å². The molecule has 0 unspecified atom stereocenters. The van der Waals surface area contributed by atoms with Crippen molar-refractivity contribution in [1.29, 1.82) is 0 Å². The number of alkyl halides is 1. The average molecular weight is 227 g/mol. The molecule has 0 spiro atoms. The second kappa shape index (κ2) is 4.44. The van der Waals surface area contributed by atoms with Crippen LogP contribution in [0.15, 0.2) is 12.2 Å². The molecule has 0 saturated heterocycles. The Morgan fingerprint density at radius 1 is 1.38 bits per heavy atom. The molecule has 90 valence electrons. The van der Waals surface area contributed by atoms with Crippen molar-refractivity contribution in [3.8, 4) is 0 Å². The first kappa shape index (κ1) is 11.4. The third kappa shape index (κ3) is 1.81. The van der Waals surface area contributed by atoms with Gasteiger partial charge in [-0.05, 0) is 20.3 Å². The molecule has 2 aliphatic rings. The normalized spacial score (nSPS) is 35.4. The predicted molar refractivity (Wildman–Crippen MR) is 58.8 cm³/mol. The number of nitrogens with zero attached hydrogens (tertiary/aromatic N) is 1. The van der Waals surface area contributed by atoms with Gasteiger partial charge in [-0.3, -0.25) is 0 Å². The van der Waals surface area contributed by atoms with Crippen LogP contribution in [0, 0.1) is 11.8 Å². The topological polar surface area (TPSA) is 29.5 Å². The van der Waals surface area contributed by atoms with E-state index in [1.165, 1.54) is 0 Å². The summed E-state index contributed by atoms with van der Waals surface area (Å²) in [5, 5.41) is 0. The Kier molecular flexibility index (Phi) is 3.17. The van der Waals surface area contributed by atoms with Crippen LogP contribution in [0.2, 0.25) is 0 Å². The molecule has 0 aromatic rings. The van der Waals surface area contributed by atoms with E-state index in [1.807, 2.05) is 26.0 Å². The van der Waals surface area contributed by atoms with E-state index in [1.54, 1.807) is 4.90 Å². The van der Waals surface area contributed by atoms with Gasteiger partial charge in [0.2, 0.25) is 0 Å². The molecule has 2 rings (SSSR count). The molecule has 2 aliphatic carbocycles. The van der Waals surface area contributed by atoms with Gasteiger partial charge in [-0.2, -0.15) is 0 Å². The molecule has 1 fully saturated rings. The van der Waals surface area contributed by atoms with Crippen LogP contribution in [0.4, 0.5) is 9.18 Å². The van der Waals surface area contributed by atoms with E-state index >= 15 is 0 Å². The van der Waals surface area contributed by atoms with Gasteiger partial charge in [-0.15, -0.1) is 0 Å².